The average Bonchev–Trinajstić information content (AvgIpc) is 2.45. The van der Waals surface area contributed by atoms with Gasteiger partial charge in [0.05, 0.1) is 25.9 Å². The Balaban J connectivity index is 1.80. The molecule has 4 nitrogen and oxygen atoms in total. The molecule has 1 aliphatic heterocycles. The van der Waals surface area contributed by atoms with E-state index in [1.54, 1.807) is 0 Å². The summed E-state index contributed by atoms with van der Waals surface area (Å²) in [5, 5.41) is 0. The number of hydrogen-bond donors (Lipinski definition) is 0. The molecule has 0 atom stereocenters. The number of nitrogens with zero attached hydrogens (tertiary/aromatic N) is 1. The predicted molar refractivity (Wildman–Crippen MR) is 80.8 cm³/mol. The van der Waals surface area contributed by atoms with E-state index in [4.69, 9.17) is 14.2 Å². The van der Waals surface area contributed by atoms with Crippen LogP contribution in [0.4, 0.5) is 0 Å². The average molecular weight is 283 g/mol. The second-order valence-corrected chi connectivity index (χ2v) is 5.28. The highest BCUT2D eigenvalue weighted by atomic mass is 16.5. The lowest BCUT2D eigenvalue weighted by molar-refractivity contribution is 0.0462. The molecule has 0 bridgehead atoms. The first kappa shape index (κ1) is 17.5. The van der Waals surface area contributed by atoms with Crippen molar-refractivity contribution in [2.24, 2.45) is 0 Å². The van der Waals surface area contributed by atoms with Crippen LogP contribution in [0, 0.1) is 11.8 Å². The third-order valence-corrected chi connectivity index (χ3v) is 3.16. The second kappa shape index (κ2) is 12.2. The first-order valence-electron chi connectivity index (χ1n) is 7.74. The minimum Gasteiger partial charge on any atom is -0.378 e. The molecule has 1 heterocycles. The molecule has 0 amide bonds. The molecule has 0 saturated carbocycles. The maximum atomic E-state index is 5.56. The largest absolute Gasteiger partial charge is 0.378 e. The maximum Gasteiger partial charge on any atom is 0.108 e. The number of piperidine rings is 1. The number of ether oxygens (including phenoxy) is 3. The first-order valence-corrected chi connectivity index (χ1v) is 7.74. The summed E-state index contributed by atoms with van der Waals surface area (Å²) in [6.07, 6.45) is 4.29. The van der Waals surface area contributed by atoms with Crippen molar-refractivity contribution < 1.29 is 14.2 Å². The van der Waals surface area contributed by atoms with Crippen molar-refractivity contribution in [3.8, 4) is 11.8 Å². The molecule has 1 fully saturated rings. The molecule has 0 aromatic rings. The summed E-state index contributed by atoms with van der Waals surface area (Å²) in [6.45, 7) is 10.5. The van der Waals surface area contributed by atoms with Crippen molar-refractivity contribution in [2.45, 2.75) is 39.2 Å². The number of rotatable bonds is 9. The van der Waals surface area contributed by atoms with E-state index in [-0.39, 0.29) is 6.10 Å². The van der Waals surface area contributed by atoms with Crippen molar-refractivity contribution in [2.75, 3.05) is 52.7 Å². The van der Waals surface area contributed by atoms with Gasteiger partial charge in [0, 0.05) is 6.54 Å². The molecule has 0 aromatic carbocycles. The van der Waals surface area contributed by atoms with E-state index in [9.17, 15) is 0 Å². The SMILES string of the molecule is CC(C)OCC#CCOCCOCCN1CCCCC1. The van der Waals surface area contributed by atoms with E-state index in [0.29, 0.717) is 26.4 Å². The van der Waals surface area contributed by atoms with Crippen molar-refractivity contribution in [1.29, 1.82) is 0 Å². The van der Waals surface area contributed by atoms with E-state index in [0.717, 1.165) is 13.2 Å². The van der Waals surface area contributed by atoms with Gasteiger partial charge in [0.1, 0.15) is 13.2 Å². The first-order chi connectivity index (χ1) is 9.79. The lowest BCUT2D eigenvalue weighted by atomic mass is 10.1. The van der Waals surface area contributed by atoms with Crippen LogP contribution in [0.1, 0.15) is 33.1 Å². The third kappa shape index (κ3) is 10.2. The molecule has 4 heteroatoms. The zero-order chi connectivity index (χ0) is 14.5. The Morgan fingerprint density at radius 1 is 0.900 bits per heavy atom. The highest BCUT2D eigenvalue weighted by Gasteiger charge is 2.08. The summed E-state index contributed by atoms with van der Waals surface area (Å²) < 4.78 is 16.2. The van der Waals surface area contributed by atoms with Gasteiger partial charge in [0.15, 0.2) is 0 Å². The Morgan fingerprint density at radius 2 is 1.60 bits per heavy atom. The molecule has 0 spiro atoms. The maximum absolute atomic E-state index is 5.56. The minimum atomic E-state index is 0.235. The Hall–Kier alpha value is -0.600. The Kier molecular flexibility index (Phi) is 10.6. The van der Waals surface area contributed by atoms with Crippen LogP contribution in [0.5, 0.6) is 0 Å². The normalized spacial score (nSPS) is 16.1. The summed E-state index contributed by atoms with van der Waals surface area (Å²) in [4.78, 5) is 2.48. The van der Waals surface area contributed by atoms with Gasteiger partial charge in [-0.1, -0.05) is 18.3 Å². The van der Waals surface area contributed by atoms with Crippen molar-refractivity contribution in [3.63, 3.8) is 0 Å². The van der Waals surface area contributed by atoms with Gasteiger partial charge in [-0.05, 0) is 39.8 Å². The van der Waals surface area contributed by atoms with Crippen LogP contribution in [0.15, 0.2) is 0 Å². The molecule has 0 N–H and O–H groups in total. The molecule has 116 valence electrons. The zero-order valence-corrected chi connectivity index (χ0v) is 13.0. The number of hydrogen-bond acceptors (Lipinski definition) is 4. The van der Waals surface area contributed by atoms with Crippen LogP contribution in [0.3, 0.4) is 0 Å². The lowest BCUT2D eigenvalue weighted by Gasteiger charge is -2.26. The smallest absolute Gasteiger partial charge is 0.108 e. The van der Waals surface area contributed by atoms with E-state index in [2.05, 4.69) is 16.7 Å². The summed E-state index contributed by atoms with van der Waals surface area (Å²) in [6, 6.07) is 0. The third-order valence-electron chi connectivity index (χ3n) is 3.16. The molecule has 0 radical (unpaired) electrons. The zero-order valence-electron chi connectivity index (χ0n) is 13.0. The van der Waals surface area contributed by atoms with Gasteiger partial charge in [0.25, 0.3) is 0 Å². The van der Waals surface area contributed by atoms with Crippen LogP contribution in [-0.2, 0) is 14.2 Å². The van der Waals surface area contributed by atoms with Gasteiger partial charge < -0.3 is 19.1 Å². The second-order valence-electron chi connectivity index (χ2n) is 5.28. The fourth-order valence-corrected chi connectivity index (χ4v) is 2.03. The quantitative estimate of drug-likeness (QED) is 0.478. The van der Waals surface area contributed by atoms with Crippen molar-refractivity contribution >= 4 is 0 Å². The molecule has 0 aromatic heterocycles. The highest BCUT2D eigenvalue weighted by Crippen LogP contribution is 2.07. The van der Waals surface area contributed by atoms with Gasteiger partial charge in [-0.2, -0.15) is 0 Å². The molecular formula is C16H29NO3. The predicted octanol–water partition coefficient (Wildman–Crippen LogP) is 1.93. The number of likely N-dealkylation sites (tertiary alicyclic amines) is 1. The summed E-state index contributed by atoms with van der Waals surface area (Å²) in [5.74, 6) is 5.84. The topological polar surface area (TPSA) is 30.9 Å². The summed E-state index contributed by atoms with van der Waals surface area (Å²) in [7, 11) is 0. The van der Waals surface area contributed by atoms with Crippen molar-refractivity contribution in [3.05, 3.63) is 0 Å². The molecular weight excluding hydrogens is 254 g/mol. The van der Waals surface area contributed by atoms with Crippen LogP contribution < -0.4 is 0 Å². The molecule has 0 unspecified atom stereocenters. The summed E-state index contributed by atoms with van der Waals surface area (Å²) >= 11 is 0. The van der Waals surface area contributed by atoms with Gasteiger partial charge in [-0.3, -0.25) is 0 Å². The Labute approximate surface area is 123 Å². The van der Waals surface area contributed by atoms with Crippen LogP contribution >= 0.6 is 0 Å². The van der Waals surface area contributed by atoms with E-state index < -0.39 is 0 Å². The van der Waals surface area contributed by atoms with Crippen molar-refractivity contribution in [1.82, 2.24) is 4.90 Å². The van der Waals surface area contributed by atoms with Crippen LogP contribution in [-0.4, -0.2) is 63.7 Å². The molecule has 1 saturated heterocycles. The van der Waals surface area contributed by atoms with Gasteiger partial charge >= 0.3 is 0 Å². The van der Waals surface area contributed by atoms with Gasteiger partial charge in [-0.15, -0.1) is 0 Å². The Bertz CT molecular complexity index is 277. The van der Waals surface area contributed by atoms with Crippen LogP contribution in [0.25, 0.3) is 0 Å². The van der Waals surface area contributed by atoms with E-state index in [1.165, 1.54) is 32.4 Å². The fraction of sp³-hybridized carbons (Fsp3) is 0.875. The monoisotopic (exact) mass is 283 g/mol. The fourth-order valence-electron chi connectivity index (χ4n) is 2.03. The minimum absolute atomic E-state index is 0.235. The molecule has 0 aliphatic carbocycles. The van der Waals surface area contributed by atoms with E-state index in [1.807, 2.05) is 13.8 Å². The summed E-state index contributed by atoms with van der Waals surface area (Å²) in [5.41, 5.74) is 0. The highest BCUT2D eigenvalue weighted by molar-refractivity contribution is 4.99. The molecule has 20 heavy (non-hydrogen) atoms. The van der Waals surface area contributed by atoms with Gasteiger partial charge in [-0.25, -0.2) is 0 Å². The Morgan fingerprint density at radius 3 is 2.35 bits per heavy atom. The standard InChI is InChI=1S/C16H29NO3/c1-16(2)20-12-7-6-11-18-14-15-19-13-10-17-8-4-3-5-9-17/h16H,3-5,8-15H2,1-2H3. The molecule has 1 aliphatic rings. The van der Waals surface area contributed by atoms with E-state index >= 15 is 0 Å². The van der Waals surface area contributed by atoms with Gasteiger partial charge in [0.2, 0.25) is 0 Å². The van der Waals surface area contributed by atoms with Crippen LogP contribution in [0.2, 0.25) is 0 Å². The molecule has 1 rings (SSSR count). The lowest BCUT2D eigenvalue weighted by Crippen LogP contribution is -2.32.